The van der Waals surface area contributed by atoms with Crippen LogP contribution in [0.3, 0.4) is 0 Å². The van der Waals surface area contributed by atoms with Crippen molar-refractivity contribution in [3.8, 4) is 0 Å². The predicted molar refractivity (Wildman–Crippen MR) is 97.5 cm³/mol. The molecule has 0 spiro atoms. The molecule has 2 aliphatic heterocycles. The van der Waals surface area contributed by atoms with E-state index in [1.54, 1.807) is 0 Å². The fourth-order valence-corrected chi connectivity index (χ4v) is 4.23. The van der Waals surface area contributed by atoms with Crippen molar-refractivity contribution in [1.82, 2.24) is 0 Å². The number of primary amides is 1. The van der Waals surface area contributed by atoms with Crippen molar-refractivity contribution in [2.24, 2.45) is 11.7 Å². The highest BCUT2D eigenvalue weighted by molar-refractivity contribution is 6.24. The molecule has 2 aromatic carbocycles. The summed E-state index contributed by atoms with van der Waals surface area (Å²) in [6, 6.07) is 13.1. The molecular formula is C20H22N3O3+. The number of nitrogens with one attached hydrogen (secondary N) is 1. The molecule has 2 heterocycles. The van der Waals surface area contributed by atoms with Crippen molar-refractivity contribution in [3.05, 3.63) is 42.5 Å². The third-order valence-electron chi connectivity index (χ3n) is 5.68. The molecular weight excluding hydrogens is 330 g/mol. The van der Waals surface area contributed by atoms with Crippen LogP contribution in [0, 0.1) is 5.92 Å². The fraction of sp³-hybridized carbons (Fsp3) is 0.350. The molecule has 0 bridgehead atoms. The highest BCUT2D eigenvalue weighted by Gasteiger charge is 2.47. The molecule has 1 atom stereocenters. The highest BCUT2D eigenvalue weighted by atomic mass is 16.2. The number of amides is 3. The Kier molecular flexibility index (Phi) is 4.20. The third kappa shape index (κ3) is 2.76. The molecule has 2 saturated heterocycles. The van der Waals surface area contributed by atoms with Crippen LogP contribution in [-0.2, 0) is 14.4 Å². The maximum atomic E-state index is 13.1. The molecule has 0 aromatic heterocycles. The minimum Gasteiger partial charge on any atom is -0.369 e. The second kappa shape index (κ2) is 6.53. The largest absolute Gasteiger partial charge is 0.369 e. The number of imide groups is 1. The van der Waals surface area contributed by atoms with Gasteiger partial charge in [-0.15, -0.1) is 0 Å². The molecule has 3 amide bonds. The van der Waals surface area contributed by atoms with Gasteiger partial charge in [0, 0.05) is 24.1 Å². The second-order valence-electron chi connectivity index (χ2n) is 7.16. The number of hydrogen-bond acceptors (Lipinski definition) is 3. The van der Waals surface area contributed by atoms with E-state index in [9.17, 15) is 14.4 Å². The van der Waals surface area contributed by atoms with Crippen LogP contribution >= 0.6 is 0 Å². The predicted octanol–water partition coefficient (Wildman–Crippen LogP) is 0.252. The quantitative estimate of drug-likeness (QED) is 0.777. The van der Waals surface area contributed by atoms with Gasteiger partial charge in [0.15, 0.2) is 6.04 Å². The van der Waals surface area contributed by atoms with Gasteiger partial charge in [-0.25, -0.2) is 4.90 Å². The smallest absolute Gasteiger partial charge is 0.292 e. The molecule has 6 heteroatoms. The fourth-order valence-electron chi connectivity index (χ4n) is 4.23. The van der Waals surface area contributed by atoms with Gasteiger partial charge in [-0.05, 0) is 11.5 Å². The Bertz CT molecular complexity index is 882. The average Bonchev–Trinajstić information content (AvgIpc) is 2.95. The number of carbonyl (C=O) groups excluding carboxylic acids is 3. The topological polar surface area (TPSA) is 84.9 Å². The maximum absolute atomic E-state index is 13.1. The number of likely N-dealkylation sites (tertiary alicyclic amines) is 1. The van der Waals surface area contributed by atoms with E-state index in [0.717, 1.165) is 15.7 Å². The summed E-state index contributed by atoms with van der Waals surface area (Å²) in [6.07, 6.45) is 1.58. The summed E-state index contributed by atoms with van der Waals surface area (Å²) in [5.74, 6) is -0.671. The maximum Gasteiger partial charge on any atom is 0.292 e. The molecule has 134 valence electrons. The lowest BCUT2D eigenvalue weighted by Gasteiger charge is -2.30. The number of fused-ring (bicyclic) bond motifs is 1. The van der Waals surface area contributed by atoms with Crippen molar-refractivity contribution in [2.45, 2.75) is 25.3 Å². The minimum atomic E-state index is -0.365. The van der Waals surface area contributed by atoms with Crippen LogP contribution in [0.4, 0.5) is 5.69 Å². The molecule has 26 heavy (non-hydrogen) atoms. The average molecular weight is 352 g/mol. The summed E-state index contributed by atoms with van der Waals surface area (Å²) >= 11 is 0. The Hall–Kier alpha value is -2.73. The van der Waals surface area contributed by atoms with Gasteiger partial charge in [-0.3, -0.25) is 14.4 Å². The highest BCUT2D eigenvalue weighted by Crippen LogP contribution is 2.30. The monoisotopic (exact) mass is 352 g/mol. The van der Waals surface area contributed by atoms with E-state index in [4.69, 9.17) is 5.73 Å². The lowest BCUT2D eigenvalue weighted by atomic mass is 9.95. The summed E-state index contributed by atoms with van der Waals surface area (Å²) in [5.41, 5.74) is 6.05. The first-order chi connectivity index (χ1) is 12.6. The van der Waals surface area contributed by atoms with Crippen molar-refractivity contribution < 1.29 is 19.3 Å². The summed E-state index contributed by atoms with van der Waals surface area (Å²) in [7, 11) is 0. The number of piperidine rings is 1. The van der Waals surface area contributed by atoms with E-state index in [1.165, 1.54) is 4.90 Å². The van der Waals surface area contributed by atoms with E-state index in [-0.39, 0.29) is 36.1 Å². The molecule has 2 aliphatic rings. The Balaban J connectivity index is 1.59. The van der Waals surface area contributed by atoms with Crippen LogP contribution in [0.1, 0.15) is 19.3 Å². The number of anilines is 1. The van der Waals surface area contributed by atoms with Gasteiger partial charge in [-0.2, -0.15) is 0 Å². The Morgan fingerprint density at radius 1 is 1.04 bits per heavy atom. The summed E-state index contributed by atoms with van der Waals surface area (Å²) in [4.78, 5) is 39.5. The van der Waals surface area contributed by atoms with Gasteiger partial charge >= 0.3 is 0 Å². The minimum absolute atomic E-state index is 0.111. The molecule has 2 aromatic rings. The zero-order valence-corrected chi connectivity index (χ0v) is 14.5. The van der Waals surface area contributed by atoms with E-state index in [0.29, 0.717) is 31.6 Å². The number of hydrogen-bond donors (Lipinski definition) is 2. The first-order valence-corrected chi connectivity index (χ1v) is 9.04. The van der Waals surface area contributed by atoms with Gasteiger partial charge in [0.2, 0.25) is 11.8 Å². The van der Waals surface area contributed by atoms with Crippen LogP contribution < -0.4 is 15.5 Å². The van der Waals surface area contributed by atoms with Crippen LogP contribution in [-0.4, -0.2) is 36.9 Å². The van der Waals surface area contributed by atoms with E-state index < -0.39 is 0 Å². The Labute approximate surface area is 151 Å². The van der Waals surface area contributed by atoms with Gasteiger partial charge in [-0.1, -0.05) is 36.4 Å². The van der Waals surface area contributed by atoms with Gasteiger partial charge in [0.25, 0.3) is 5.91 Å². The molecule has 0 aliphatic carbocycles. The zero-order chi connectivity index (χ0) is 18.3. The summed E-state index contributed by atoms with van der Waals surface area (Å²) in [6.45, 7) is 1.39. The number of nitrogens with zero attached hydrogens (tertiary/aromatic N) is 1. The van der Waals surface area contributed by atoms with Crippen LogP contribution in [0.15, 0.2) is 42.5 Å². The van der Waals surface area contributed by atoms with Crippen molar-refractivity contribution in [2.75, 3.05) is 18.0 Å². The Morgan fingerprint density at radius 3 is 2.46 bits per heavy atom. The van der Waals surface area contributed by atoms with Gasteiger partial charge in [0.05, 0.1) is 25.2 Å². The lowest BCUT2D eigenvalue weighted by molar-refractivity contribution is -0.920. The van der Waals surface area contributed by atoms with Crippen LogP contribution in [0.5, 0.6) is 0 Å². The van der Waals surface area contributed by atoms with Gasteiger partial charge in [0.1, 0.15) is 0 Å². The lowest BCUT2D eigenvalue weighted by Crippen LogP contribution is -3.17. The first kappa shape index (κ1) is 16.7. The molecule has 2 fully saturated rings. The van der Waals surface area contributed by atoms with E-state index in [2.05, 4.69) is 0 Å². The summed E-state index contributed by atoms with van der Waals surface area (Å²) < 4.78 is 0. The molecule has 3 N–H and O–H groups in total. The normalized spacial score (nSPS) is 26.5. The molecule has 0 radical (unpaired) electrons. The molecule has 0 unspecified atom stereocenters. The number of benzene rings is 2. The van der Waals surface area contributed by atoms with Crippen LogP contribution in [0.2, 0.25) is 0 Å². The van der Waals surface area contributed by atoms with Crippen molar-refractivity contribution >= 4 is 34.2 Å². The van der Waals surface area contributed by atoms with Crippen molar-refractivity contribution in [1.29, 1.82) is 0 Å². The van der Waals surface area contributed by atoms with Crippen LogP contribution in [0.25, 0.3) is 10.8 Å². The second-order valence-corrected chi connectivity index (χ2v) is 7.16. The van der Waals surface area contributed by atoms with E-state index in [1.807, 2.05) is 42.5 Å². The third-order valence-corrected chi connectivity index (χ3v) is 5.68. The van der Waals surface area contributed by atoms with Crippen molar-refractivity contribution in [3.63, 3.8) is 0 Å². The molecule has 6 nitrogen and oxygen atoms in total. The van der Waals surface area contributed by atoms with Gasteiger partial charge < -0.3 is 10.6 Å². The number of carbonyl (C=O) groups is 3. The number of quaternary nitrogens is 1. The Morgan fingerprint density at radius 2 is 1.73 bits per heavy atom. The zero-order valence-electron chi connectivity index (χ0n) is 14.5. The number of rotatable bonds is 3. The SMILES string of the molecule is NC(=O)C1CC[NH+]([C@@H]2CC(=O)N(c3cccc4ccccc34)C2=O)CC1. The van der Waals surface area contributed by atoms with E-state index >= 15 is 0 Å². The molecule has 4 rings (SSSR count). The molecule has 0 saturated carbocycles. The number of nitrogens with two attached hydrogens (primary N) is 1. The summed E-state index contributed by atoms with van der Waals surface area (Å²) in [5, 5.41) is 1.91. The standard InChI is InChI=1S/C20H21N3O3/c21-19(25)14-8-10-22(11-9-14)17-12-18(24)23(20(17)26)16-7-3-5-13-4-1-2-6-15(13)16/h1-7,14,17H,8-12H2,(H2,21,25)/p+1/t17-/m1/s1. The first-order valence-electron chi connectivity index (χ1n) is 9.04.